The van der Waals surface area contributed by atoms with E-state index in [0.29, 0.717) is 10.8 Å². The number of benzene rings is 1. The molecule has 0 radical (unpaired) electrons. The number of thiazole rings is 1. The van der Waals surface area contributed by atoms with Crippen molar-refractivity contribution < 1.29 is 9.90 Å². The van der Waals surface area contributed by atoms with Crippen LogP contribution in [0, 0.1) is 0 Å². The molecule has 1 atom stereocenters. The molecule has 0 saturated carbocycles. The molecule has 1 aromatic heterocycles. The minimum Gasteiger partial charge on any atom is -0.478 e. The summed E-state index contributed by atoms with van der Waals surface area (Å²) in [5, 5.41) is 12.8. The van der Waals surface area contributed by atoms with Gasteiger partial charge in [-0.3, -0.25) is 0 Å². The summed E-state index contributed by atoms with van der Waals surface area (Å²) < 4.78 is 0. The van der Waals surface area contributed by atoms with Gasteiger partial charge >= 0.3 is 5.97 Å². The molecule has 1 N–H and O–H groups in total. The first-order valence-corrected chi connectivity index (χ1v) is 8.57. The van der Waals surface area contributed by atoms with Crippen molar-refractivity contribution >= 4 is 29.1 Å². The van der Waals surface area contributed by atoms with Crippen molar-refractivity contribution in [3.05, 3.63) is 40.2 Å². The highest BCUT2D eigenvalue weighted by Gasteiger charge is 2.19. The molecule has 1 unspecified atom stereocenters. The largest absolute Gasteiger partial charge is 0.478 e. The summed E-state index contributed by atoms with van der Waals surface area (Å²) in [6.45, 7) is 0. The lowest BCUT2D eigenvalue weighted by atomic mass is 10.1. The monoisotopic (exact) mass is 305 g/mol. The van der Waals surface area contributed by atoms with Crippen molar-refractivity contribution in [3.63, 3.8) is 0 Å². The molecule has 104 valence electrons. The van der Waals surface area contributed by atoms with Crippen LogP contribution in [0.3, 0.4) is 0 Å². The van der Waals surface area contributed by atoms with E-state index in [4.69, 9.17) is 10.1 Å². The number of carbonyl (C=O) groups is 1. The third-order valence-electron chi connectivity index (χ3n) is 3.38. The van der Waals surface area contributed by atoms with Crippen molar-refractivity contribution in [1.82, 2.24) is 4.98 Å². The van der Waals surface area contributed by atoms with E-state index < -0.39 is 5.97 Å². The van der Waals surface area contributed by atoms with Crippen molar-refractivity contribution in [3.8, 4) is 11.3 Å². The SMILES string of the molecule is O=C(O)c1cccc(-c2csc(C3CCCCS3)n2)c1. The van der Waals surface area contributed by atoms with Gasteiger partial charge in [0.1, 0.15) is 5.01 Å². The molecule has 1 aromatic carbocycles. The van der Waals surface area contributed by atoms with Crippen LogP contribution in [0.5, 0.6) is 0 Å². The zero-order chi connectivity index (χ0) is 13.9. The number of carboxylic acids is 1. The molecule has 0 amide bonds. The van der Waals surface area contributed by atoms with Crippen LogP contribution < -0.4 is 0 Å². The zero-order valence-corrected chi connectivity index (χ0v) is 12.5. The minimum atomic E-state index is -0.898. The second-order valence-corrected chi connectivity index (χ2v) is 7.01. The molecule has 3 rings (SSSR count). The summed E-state index contributed by atoms with van der Waals surface area (Å²) in [5.74, 6) is 0.318. The van der Waals surface area contributed by atoms with E-state index >= 15 is 0 Å². The number of aromatic carboxylic acids is 1. The number of thioether (sulfide) groups is 1. The predicted molar refractivity (Wildman–Crippen MR) is 83.6 cm³/mol. The second-order valence-electron chi connectivity index (χ2n) is 4.81. The first-order chi connectivity index (χ1) is 9.74. The van der Waals surface area contributed by atoms with Gasteiger partial charge in [0, 0.05) is 10.9 Å². The molecule has 1 aliphatic heterocycles. The molecular weight excluding hydrogens is 290 g/mol. The maximum Gasteiger partial charge on any atom is 0.335 e. The van der Waals surface area contributed by atoms with Crippen LogP contribution in [0.15, 0.2) is 29.6 Å². The van der Waals surface area contributed by atoms with Crippen molar-refractivity contribution in [2.24, 2.45) is 0 Å². The first-order valence-electron chi connectivity index (χ1n) is 6.65. The van der Waals surface area contributed by atoms with Gasteiger partial charge in [0.05, 0.1) is 16.5 Å². The Balaban J connectivity index is 1.85. The van der Waals surface area contributed by atoms with E-state index in [2.05, 4.69) is 0 Å². The van der Waals surface area contributed by atoms with Crippen molar-refractivity contribution in [1.29, 1.82) is 0 Å². The fourth-order valence-corrected chi connectivity index (χ4v) is 4.71. The molecule has 2 heterocycles. The fourth-order valence-electron chi connectivity index (χ4n) is 2.32. The highest BCUT2D eigenvalue weighted by Crippen LogP contribution is 2.40. The highest BCUT2D eigenvalue weighted by atomic mass is 32.2. The van der Waals surface area contributed by atoms with E-state index in [1.165, 1.54) is 30.0 Å². The smallest absolute Gasteiger partial charge is 0.335 e. The number of carboxylic acid groups (broad SMARTS) is 1. The second kappa shape index (κ2) is 5.97. The standard InChI is InChI=1S/C15H15NO2S2/c17-15(18)11-5-3-4-10(8-11)12-9-20-14(16-12)13-6-1-2-7-19-13/h3-5,8-9,13H,1-2,6-7H2,(H,17,18). The van der Waals surface area contributed by atoms with Crippen LogP contribution in [-0.2, 0) is 0 Å². The average molecular weight is 305 g/mol. The van der Waals surface area contributed by atoms with Gasteiger partial charge in [0.15, 0.2) is 0 Å². The summed E-state index contributed by atoms with van der Waals surface area (Å²) in [7, 11) is 0. The van der Waals surface area contributed by atoms with Gasteiger partial charge in [-0.15, -0.1) is 11.3 Å². The third kappa shape index (κ3) is 2.88. The van der Waals surface area contributed by atoms with Gasteiger partial charge in [-0.25, -0.2) is 9.78 Å². The number of hydrogen-bond donors (Lipinski definition) is 1. The molecule has 0 aliphatic carbocycles. The fraction of sp³-hybridized carbons (Fsp3) is 0.333. The Morgan fingerprint density at radius 3 is 3.00 bits per heavy atom. The van der Waals surface area contributed by atoms with Crippen molar-refractivity contribution in [2.45, 2.75) is 24.5 Å². The quantitative estimate of drug-likeness (QED) is 0.909. The van der Waals surface area contributed by atoms with Gasteiger partial charge in [-0.1, -0.05) is 18.6 Å². The van der Waals surface area contributed by atoms with Crippen LogP contribution in [-0.4, -0.2) is 21.8 Å². The molecule has 1 fully saturated rings. The van der Waals surface area contributed by atoms with Gasteiger partial charge in [0.25, 0.3) is 0 Å². The van der Waals surface area contributed by atoms with Gasteiger partial charge < -0.3 is 5.11 Å². The van der Waals surface area contributed by atoms with Gasteiger partial charge in [0.2, 0.25) is 0 Å². The molecule has 2 aromatic rings. The Labute approximate surface area is 126 Å². The summed E-state index contributed by atoms with van der Waals surface area (Å²) in [6.07, 6.45) is 3.79. The average Bonchev–Trinajstić information content (AvgIpc) is 2.98. The van der Waals surface area contributed by atoms with Crippen LogP contribution in [0.2, 0.25) is 0 Å². The Hall–Kier alpha value is -1.33. The molecule has 1 aliphatic rings. The number of aromatic nitrogens is 1. The summed E-state index contributed by atoms with van der Waals surface area (Å²) in [5.41, 5.74) is 2.08. The summed E-state index contributed by atoms with van der Waals surface area (Å²) in [6, 6.07) is 6.98. The molecule has 0 spiro atoms. The van der Waals surface area contributed by atoms with Gasteiger partial charge in [-0.2, -0.15) is 11.8 Å². The number of rotatable bonds is 3. The van der Waals surface area contributed by atoms with E-state index in [-0.39, 0.29) is 0 Å². The lowest BCUT2D eigenvalue weighted by molar-refractivity contribution is 0.0697. The van der Waals surface area contributed by atoms with Crippen LogP contribution in [0.25, 0.3) is 11.3 Å². The lowest BCUT2D eigenvalue weighted by Crippen LogP contribution is -2.01. The molecule has 1 saturated heterocycles. The number of hydrogen-bond acceptors (Lipinski definition) is 4. The predicted octanol–water partition coefficient (Wildman–Crippen LogP) is 4.47. The molecule has 20 heavy (non-hydrogen) atoms. The Morgan fingerprint density at radius 2 is 2.25 bits per heavy atom. The van der Waals surface area contributed by atoms with Crippen LogP contribution in [0.1, 0.15) is 39.9 Å². The Morgan fingerprint density at radius 1 is 1.35 bits per heavy atom. The van der Waals surface area contributed by atoms with E-state index in [0.717, 1.165) is 11.3 Å². The Bertz CT molecular complexity index is 618. The van der Waals surface area contributed by atoms with Crippen LogP contribution in [0.4, 0.5) is 0 Å². The molecular formula is C15H15NO2S2. The maximum absolute atomic E-state index is 11.0. The molecule has 3 nitrogen and oxygen atoms in total. The highest BCUT2D eigenvalue weighted by molar-refractivity contribution is 7.99. The normalized spacial score (nSPS) is 18.9. The first kappa shape index (κ1) is 13.6. The van der Waals surface area contributed by atoms with Crippen molar-refractivity contribution in [2.75, 3.05) is 5.75 Å². The lowest BCUT2D eigenvalue weighted by Gasteiger charge is -2.18. The van der Waals surface area contributed by atoms with Crippen LogP contribution >= 0.6 is 23.1 Å². The summed E-state index contributed by atoms with van der Waals surface area (Å²) in [4.78, 5) is 15.7. The number of nitrogens with zero attached hydrogens (tertiary/aromatic N) is 1. The molecule has 5 heteroatoms. The zero-order valence-electron chi connectivity index (χ0n) is 10.9. The van der Waals surface area contributed by atoms with E-state index in [1.54, 1.807) is 29.5 Å². The topological polar surface area (TPSA) is 50.2 Å². The molecule has 0 bridgehead atoms. The third-order valence-corrected chi connectivity index (χ3v) is 5.88. The summed E-state index contributed by atoms with van der Waals surface area (Å²) >= 11 is 3.67. The van der Waals surface area contributed by atoms with E-state index in [9.17, 15) is 4.79 Å². The maximum atomic E-state index is 11.0. The Kier molecular flexibility index (Phi) is 4.08. The van der Waals surface area contributed by atoms with E-state index in [1.807, 2.05) is 23.2 Å². The minimum absolute atomic E-state index is 0.309. The van der Waals surface area contributed by atoms with Gasteiger partial charge in [-0.05, 0) is 30.7 Å².